The molecule has 3 saturated carbocycles. The molecule has 18 heteroatoms. The van der Waals surface area contributed by atoms with E-state index in [2.05, 4.69) is 51.3 Å². The predicted molar refractivity (Wildman–Crippen MR) is 287 cm³/mol. The lowest BCUT2D eigenvalue weighted by Gasteiger charge is -2.60. The molecular weight excluding hydrogens is 1020 g/mol. The number of hydrogen-bond donors (Lipinski definition) is 1. The summed E-state index contributed by atoms with van der Waals surface area (Å²) < 4.78 is 59.9. The van der Waals surface area contributed by atoms with Gasteiger partial charge in [0, 0.05) is 96.1 Å². The monoisotopic (exact) mass is 1120 g/mol. The lowest BCUT2D eigenvalue weighted by atomic mass is 9.57. The van der Waals surface area contributed by atoms with Crippen molar-refractivity contribution in [1.82, 2.24) is 9.80 Å². The molecule has 0 radical (unpaired) electrons. The maximum Gasteiger partial charge on any atom is 0.201 e. The lowest BCUT2D eigenvalue weighted by Crippen LogP contribution is -2.70. The number of hydrogen-bond acceptors (Lipinski definition) is 18. The minimum absolute atomic E-state index is 0.00543. The molecule has 0 aromatic heterocycles. The first kappa shape index (κ1) is 58.7. The minimum Gasteiger partial charge on any atom is -0.395 e. The number of ether oxygens (including phenoxy) is 9. The van der Waals surface area contributed by atoms with E-state index in [0.29, 0.717) is 106 Å². The van der Waals surface area contributed by atoms with Crippen LogP contribution in [0.5, 0.6) is 0 Å². The fraction of sp³-hybridized carbons (Fsp3) is 1.00. The molecule has 12 saturated heterocycles. The minimum atomic E-state index is -0.787. The van der Waals surface area contributed by atoms with Crippen molar-refractivity contribution in [2.75, 3.05) is 85.5 Å². The summed E-state index contributed by atoms with van der Waals surface area (Å²) >= 11 is 0. The van der Waals surface area contributed by atoms with Gasteiger partial charge in [-0.2, -0.15) is 0 Å². The molecule has 79 heavy (non-hydrogen) atoms. The second-order valence-corrected chi connectivity index (χ2v) is 27.9. The van der Waals surface area contributed by atoms with E-state index < -0.39 is 53.0 Å². The lowest BCUT2D eigenvalue weighted by molar-refractivity contribution is -0.571. The van der Waals surface area contributed by atoms with Gasteiger partial charge in [-0.3, -0.25) is 9.80 Å². The van der Waals surface area contributed by atoms with E-state index >= 15 is 0 Å². The highest BCUT2D eigenvalue weighted by Crippen LogP contribution is 2.64. The van der Waals surface area contributed by atoms with E-state index in [1.165, 1.54) is 19.3 Å². The molecule has 24 atom stereocenters. The first-order chi connectivity index (χ1) is 38.0. The molecule has 15 fully saturated rings. The van der Waals surface area contributed by atoms with Gasteiger partial charge in [-0.15, -0.1) is 0 Å². The van der Waals surface area contributed by atoms with Gasteiger partial charge >= 0.3 is 0 Å². The van der Waals surface area contributed by atoms with Crippen molar-refractivity contribution in [3.8, 4) is 0 Å². The van der Waals surface area contributed by atoms with Crippen molar-refractivity contribution in [2.45, 2.75) is 230 Å². The maximum atomic E-state index is 10.2. The van der Waals surface area contributed by atoms with Crippen LogP contribution in [0.3, 0.4) is 0 Å². The number of aliphatic hydroxyl groups is 1. The summed E-state index contributed by atoms with van der Waals surface area (Å²) in [6.45, 7) is 28.0. The van der Waals surface area contributed by atoms with Crippen LogP contribution in [-0.2, 0) is 72.0 Å². The van der Waals surface area contributed by atoms with E-state index in [1.807, 2.05) is 20.8 Å². The highest BCUT2D eigenvalue weighted by molar-refractivity contribution is 5.13. The third-order valence-corrected chi connectivity index (χ3v) is 23.3. The fourth-order valence-corrected chi connectivity index (χ4v) is 18.5. The Morgan fingerprint density at radius 1 is 0.380 bits per heavy atom. The summed E-state index contributed by atoms with van der Waals surface area (Å²) in [6.07, 6.45) is 13.4. The smallest absolute Gasteiger partial charge is 0.201 e. The molecule has 6 bridgehead atoms. The van der Waals surface area contributed by atoms with Crippen molar-refractivity contribution in [1.29, 1.82) is 0 Å². The van der Waals surface area contributed by atoms with E-state index in [0.717, 1.165) is 103 Å². The molecule has 0 aromatic rings. The highest BCUT2D eigenvalue weighted by Gasteiger charge is 2.72. The first-order valence-electron chi connectivity index (χ1n) is 31.9. The van der Waals surface area contributed by atoms with E-state index in [-0.39, 0.29) is 42.7 Å². The maximum absolute atomic E-state index is 10.2. The summed E-state index contributed by atoms with van der Waals surface area (Å²) in [7, 11) is 0. The molecule has 3 aliphatic carbocycles. The molecular formula is C61H102N2O16. The Morgan fingerprint density at radius 2 is 0.696 bits per heavy atom. The molecule has 15 rings (SSSR count). The first-order valence-corrected chi connectivity index (χ1v) is 31.9. The van der Waals surface area contributed by atoms with Gasteiger partial charge in [0.15, 0.2) is 35.7 Å². The van der Waals surface area contributed by atoms with Crippen molar-refractivity contribution < 1.29 is 77.1 Å². The summed E-state index contributed by atoms with van der Waals surface area (Å²) in [4.78, 5) is 42.1. The Kier molecular flexibility index (Phi) is 17.5. The summed E-state index contributed by atoms with van der Waals surface area (Å²) in [5.74, 6) is 2.06. The molecule has 12 aliphatic heterocycles. The quantitative estimate of drug-likeness (QED) is 0.0763. The van der Waals surface area contributed by atoms with Gasteiger partial charge in [0.1, 0.15) is 0 Å². The van der Waals surface area contributed by atoms with Gasteiger partial charge in [0.2, 0.25) is 17.4 Å². The van der Waals surface area contributed by atoms with Gasteiger partial charge in [-0.05, 0) is 151 Å². The molecule has 0 amide bonds. The van der Waals surface area contributed by atoms with Crippen LogP contribution < -0.4 is 0 Å². The molecule has 1 N–H and O–H groups in total. The van der Waals surface area contributed by atoms with Gasteiger partial charge in [0.25, 0.3) is 0 Å². The van der Waals surface area contributed by atoms with Gasteiger partial charge in [-0.1, -0.05) is 41.5 Å². The Hall–Kier alpha value is -0.720. The number of aliphatic hydroxyl groups excluding tert-OH is 1. The number of fused-ring (bicyclic) bond motifs is 6. The molecule has 15 aliphatic rings. The van der Waals surface area contributed by atoms with Crippen molar-refractivity contribution >= 4 is 0 Å². The van der Waals surface area contributed by atoms with E-state index in [4.69, 9.17) is 72.0 Å². The van der Waals surface area contributed by atoms with Crippen LogP contribution >= 0.6 is 0 Å². The molecule has 0 aromatic carbocycles. The summed E-state index contributed by atoms with van der Waals surface area (Å²) in [5.41, 5.74) is -1.67. The van der Waals surface area contributed by atoms with Crippen LogP contribution in [0.4, 0.5) is 0 Å². The Morgan fingerprint density at radius 3 is 1.01 bits per heavy atom. The number of rotatable bonds is 23. The van der Waals surface area contributed by atoms with Crippen molar-refractivity contribution in [3.63, 3.8) is 0 Å². The van der Waals surface area contributed by atoms with Crippen molar-refractivity contribution in [3.05, 3.63) is 0 Å². The van der Waals surface area contributed by atoms with Crippen LogP contribution in [-0.4, -0.2) is 172 Å². The highest BCUT2D eigenvalue weighted by atomic mass is 17.3. The molecule has 3 unspecified atom stereocenters. The third-order valence-electron chi connectivity index (χ3n) is 23.3. The zero-order valence-electron chi connectivity index (χ0n) is 49.7. The zero-order chi connectivity index (χ0) is 55.0. The van der Waals surface area contributed by atoms with Gasteiger partial charge in [-0.25, -0.2) is 29.3 Å². The van der Waals surface area contributed by atoms with E-state index in [9.17, 15) is 5.11 Å². The Bertz CT molecular complexity index is 1960. The van der Waals surface area contributed by atoms with Crippen LogP contribution in [0.15, 0.2) is 0 Å². The van der Waals surface area contributed by atoms with Crippen LogP contribution in [0.25, 0.3) is 0 Å². The summed E-state index contributed by atoms with van der Waals surface area (Å²) in [5, 5.41) is 10.2. The van der Waals surface area contributed by atoms with Crippen LogP contribution in [0, 0.1) is 71.0 Å². The predicted octanol–water partition coefficient (Wildman–Crippen LogP) is 8.55. The molecule has 18 nitrogen and oxygen atoms in total. The SMILES string of the molecule is C[C@@H]1CC[C@H]2[C@@H](C)C(CCOCCN(CCO)CCN(CCOCCC3O[C@@H]4O[C@@]5(C)CC[C@H]6[C@H](C)CC[C@@H]([C@H]3C)[C@@]46OO5)CCOCCC3O[C@@H]4O[C@@]5(C)CC[C@H]6[C@H](C)CC[C@@H]([C@H]3C)[C@@]46OO5)O[C@@H]3O[C@@]4(C)CC[C@@H]1[C@]32OO4. The van der Waals surface area contributed by atoms with Crippen LogP contribution in [0.2, 0.25) is 0 Å². The second-order valence-electron chi connectivity index (χ2n) is 27.9. The fourth-order valence-electron chi connectivity index (χ4n) is 18.5. The van der Waals surface area contributed by atoms with Gasteiger partial charge < -0.3 is 47.7 Å². The van der Waals surface area contributed by atoms with Crippen molar-refractivity contribution in [2.24, 2.45) is 71.0 Å². The number of nitrogens with zero attached hydrogens (tertiary/aromatic N) is 2. The Labute approximate surface area is 471 Å². The second kappa shape index (κ2) is 23.5. The van der Waals surface area contributed by atoms with E-state index in [1.54, 1.807) is 0 Å². The topological polar surface area (TPSA) is 165 Å². The van der Waals surface area contributed by atoms with Gasteiger partial charge in [0.05, 0.1) is 44.7 Å². The Balaban J connectivity index is 0.633. The molecule has 12 heterocycles. The largest absolute Gasteiger partial charge is 0.395 e. The zero-order valence-corrected chi connectivity index (χ0v) is 49.7. The normalized spacial score (nSPS) is 50.4. The average molecular weight is 1120 g/mol. The molecule has 452 valence electrons. The molecule has 3 spiro atoms. The third kappa shape index (κ3) is 10.7. The standard InChI is InChI=1S/C61H102N2O16/c1-38-10-13-47-41(4)50(68-53-59(47)44(38)16-22-56(7,71-53)74-77-59)19-32-65-35-28-62(27-31-64)25-26-63(29-36-66-33-20-51-42(5)48-14-11-39(2)45-17-23-57(8)72-54(69-51)60(45,48)78-75-57)30-37-67-34-21-52-43(6)49-15-12-40(3)46-18-24-58(9)73-55(70-52)61(46,49)79-76-58/h38-55,64H,10-37H2,1-9H3/t38-,39-,40-,41-,42-,43-,44+,45+,46+,47+,48+,49+,50?,51?,52?,53-,54-,55-,56-,57-,58-,59-,60-,61-/m1/s1. The van der Waals surface area contributed by atoms with Crippen LogP contribution in [0.1, 0.15) is 159 Å². The summed E-state index contributed by atoms with van der Waals surface area (Å²) in [6, 6.07) is 0. The average Bonchev–Trinajstić information content (AvgIpc) is 4.10.